The Balaban J connectivity index is 0.00000127. The van der Waals surface area contributed by atoms with E-state index < -0.39 is 41.6 Å². The molecule has 124 valence electrons. The predicted molar refractivity (Wildman–Crippen MR) is 77.7 cm³/mol. The van der Waals surface area contributed by atoms with Crippen LogP contribution in [0.15, 0.2) is 40.1 Å². The Morgan fingerprint density at radius 2 is 1.35 bits per heavy atom. The van der Waals surface area contributed by atoms with Crippen molar-refractivity contribution in [1.82, 2.24) is 0 Å². The van der Waals surface area contributed by atoms with Crippen LogP contribution in [-0.4, -0.2) is 43.8 Å². The van der Waals surface area contributed by atoms with Crippen LogP contribution < -0.4 is 0 Å². The Morgan fingerprint density at radius 1 is 0.870 bits per heavy atom. The van der Waals surface area contributed by atoms with Crippen LogP contribution in [-0.2, 0) is 25.0 Å². The molecule has 23 heavy (non-hydrogen) atoms. The summed E-state index contributed by atoms with van der Waals surface area (Å²) in [7, 11) is -9.21. The largest absolute Gasteiger partial charge is 0.478 e. The zero-order valence-electron chi connectivity index (χ0n) is 11.2. The third-order valence-electron chi connectivity index (χ3n) is 2.72. The van der Waals surface area contributed by atoms with Gasteiger partial charge < -0.3 is 9.90 Å². The summed E-state index contributed by atoms with van der Waals surface area (Å²) in [5.74, 6) is -1.45. The van der Waals surface area contributed by atoms with Crippen LogP contribution in [0.2, 0.25) is 0 Å². The number of hydrogen-bond acceptors (Lipinski definition) is 6. The van der Waals surface area contributed by atoms with Gasteiger partial charge in [-0.1, -0.05) is 6.07 Å². The van der Waals surface area contributed by atoms with Gasteiger partial charge in [-0.2, -0.15) is 16.8 Å². The van der Waals surface area contributed by atoms with E-state index in [4.69, 9.17) is 19.0 Å². The smallest absolute Gasteiger partial charge is 0.336 e. The van der Waals surface area contributed by atoms with Crippen molar-refractivity contribution in [1.29, 1.82) is 0 Å². The highest BCUT2D eigenvalue weighted by molar-refractivity contribution is 7.86. The van der Waals surface area contributed by atoms with Gasteiger partial charge in [-0.25, -0.2) is 4.79 Å². The molecular weight excluding hydrogens is 352 g/mol. The van der Waals surface area contributed by atoms with Gasteiger partial charge in [0, 0.05) is 0 Å². The first kappa shape index (κ1) is 18.7. The maximum Gasteiger partial charge on any atom is 0.336 e. The third-order valence-corrected chi connectivity index (χ3v) is 4.40. The van der Waals surface area contributed by atoms with Gasteiger partial charge in [0.05, 0.1) is 15.4 Å². The van der Waals surface area contributed by atoms with Crippen LogP contribution in [0.4, 0.5) is 0 Å². The molecule has 0 heterocycles. The number of carboxylic acids is 1. The monoisotopic (exact) mass is 362 g/mol. The predicted octanol–water partition coefficient (Wildman–Crippen LogP) is 0.846. The Hall–Kier alpha value is -2.34. The Bertz CT molecular complexity index is 970. The van der Waals surface area contributed by atoms with Crippen LogP contribution in [0, 0.1) is 0 Å². The summed E-state index contributed by atoms with van der Waals surface area (Å²) in [6.07, 6.45) is 0. The number of rotatable bonds is 3. The average Bonchev–Trinajstić information content (AvgIpc) is 2.45. The molecular formula is C12H10O9S2. The highest BCUT2D eigenvalue weighted by atomic mass is 32.2. The van der Waals surface area contributed by atoms with E-state index in [9.17, 15) is 21.6 Å². The highest BCUT2D eigenvalue weighted by Gasteiger charge is 2.19. The van der Waals surface area contributed by atoms with Gasteiger partial charge in [0.25, 0.3) is 20.2 Å². The fourth-order valence-electron chi connectivity index (χ4n) is 1.81. The van der Waals surface area contributed by atoms with Gasteiger partial charge in [0.15, 0.2) is 0 Å². The van der Waals surface area contributed by atoms with Crippen LogP contribution in [0.5, 0.6) is 0 Å². The number of benzene rings is 2. The summed E-state index contributed by atoms with van der Waals surface area (Å²) in [6, 6.07) is 4.68. The minimum atomic E-state index is -4.67. The van der Waals surface area contributed by atoms with E-state index in [1.165, 1.54) is 0 Å². The number of hydrogen-bond donors (Lipinski definition) is 3. The standard InChI is InChI=1S/C11H8O8S2.CH2O/c12-11(13)10-5-8(21(17,18)19)4-6-3-7(20(14,15)16)1-2-9(6)10;1-2/h1-5H,(H,12,13)(H,14,15,16)(H,17,18,19);1H2. The van der Waals surface area contributed by atoms with E-state index in [2.05, 4.69) is 0 Å². The number of fused-ring (bicyclic) bond motifs is 1. The maximum absolute atomic E-state index is 11.1. The normalized spacial score (nSPS) is 11.6. The van der Waals surface area contributed by atoms with Gasteiger partial charge in [0.1, 0.15) is 6.79 Å². The molecule has 0 fully saturated rings. The fourth-order valence-corrected chi connectivity index (χ4v) is 2.87. The summed E-state index contributed by atoms with van der Waals surface area (Å²) in [5, 5.41) is 9.04. The molecule has 0 amide bonds. The van der Waals surface area contributed by atoms with Crippen LogP contribution in [0.3, 0.4) is 0 Å². The SMILES string of the molecule is C=O.O=C(O)c1cc(S(=O)(=O)O)cc2cc(S(=O)(=O)O)ccc12. The molecule has 0 saturated carbocycles. The molecule has 0 bridgehead atoms. The molecule has 2 aromatic rings. The molecule has 9 nitrogen and oxygen atoms in total. The first-order chi connectivity index (χ1) is 10.5. The molecule has 2 aromatic carbocycles. The fraction of sp³-hybridized carbons (Fsp3) is 0. The lowest BCUT2D eigenvalue weighted by Crippen LogP contribution is -2.05. The minimum absolute atomic E-state index is 0.0577. The summed E-state index contributed by atoms with van der Waals surface area (Å²) in [5.41, 5.74) is -0.429. The average molecular weight is 362 g/mol. The Morgan fingerprint density at radius 3 is 1.78 bits per heavy atom. The molecule has 11 heteroatoms. The molecule has 0 aliphatic carbocycles. The first-order valence-corrected chi connectivity index (χ1v) is 8.43. The second-order valence-electron chi connectivity index (χ2n) is 4.11. The Labute approximate surface area is 130 Å². The van der Waals surface area contributed by atoms with Gasteiger partial charge in [-0.3, -0.25) is 9.11 Å². The zero-order chi connectivity index (χ0) is 18.0. The molecule has 0 spiro atoms. The van der Waals surface area contributed by atoms with E-state index in [0.717, 1.165) is 30.3 Å². The van der Waals surface area contributed by atoms with Crippen molar-refractivity contribution >= 4 is 43.8 Å². The molecule has 3 N–H and O–H groups in total. The van der Waals surface area contributed by atoms with Crippen molar-refractivity contribution in [3.63, 3.8) is 0 Å². The molecule has 0 saturated heterocycles. The number of aromatic carboxylic acids is 1. The van der Waals surface area contributed by atoms with Crippen molar-refractivity contribution < 1.29 is 40.6 Å². The molecule has 2 rings (SSSR count). The minimum Gasteiger partial charge on any atom is -0.478 e. The van der Waals surface area contributed by atoms with Crippen molar-refractivity contribution in [2.75, 3.05) is 0 Å². The van der Waals surface area contributed by atoms with E-state index in [-0.39, 0.29) is 10.8 Å². The lowest BCUT2D eigenvalue weighted by molar-refractivity contribution is -0.0980. The van der Waals surface area contributed by atoms with E-state index in [1.54, 1.807) is 0 Å². The zero-order valence-corrected chi connectivity index (χ0v) is 12.8. The second kappa shape index (κ2) is 6.42. The van der Waals surface area contributed by atoms with E-state index in [1.807, 2.05) is 6.79 Å². The topological polar surface area (TPSA) is 163 Å². The molecule has 0 unspecified atom stereocenters. The summed E-state index contributed by atoms with van der Waals surface area (Å²) in [4.78, 5) is 17.9. The summed E-state index contributed by atoms with van der Waals surface area (Å²) >= 11 is 0. The van der Waals surface area contributed by atoms with Gasteiger partial charge in [-0.05, 0) is 35.0 Å². The van der Waals surface area contributed by atoms with Crippen molar-refractivity contribution in [3.8, 4) is 0 Å². The summed E-state index contributed by atoms with van der Waals surface area (Å²) < 4.78 is 62.3. The first-order valence-electron chi connectivity index (χ1n) is 5.55. The van der Waals surface area contributed by atoms with Crippen molar-refractivity contribution in [3.05, 3.63) is 35.9 Å². The maximum atomic E-state index is 11.1. The number of carbonyl (C=O) groups excluding carboxylic acids is 1. The third kappa shape index (κ3) is 4.10. The molecule has 0 aromatic heterocycles. The van der Waals surface area contributed by atoms with Crippen LogP contribution >= 0.6 is 0 Å². The molecule has 0 atom stereocenters. The molecule has 0 aliphatic rings. The quantitative estimate of drug-likeness (QED) is 0.671. The molecule has 0 radical (unpaired) electrons. The van der Waals surface area contributed by atoms with Crippen LogP contribution in [0.25, 0.3) is 10.8 Å². The van der Waals surface area contributed by atoms with Crippen molar-refractivity contribution in [2.24, 2.45) is 0 Å². The lowest BCUT2D eigenvalue weighted by Gasteiger charge is -2.07. The Kier molecular flexibility index (Phi) is 5.22. The summed E-state index contributed by atoms with van der Waals surface area (Å²) in [6.45, 7) is 2.00. The molecule has 0 aliphatic heterocycles. The number of carboxylic acid groups (broad SMARTS) is 1. The lowest BCUT2D eigenvalue weighted by atomic mass is 10.0. The number of carbonyl (C=O) groups is 2. The van der Waals surface area contributed by atoms with Gasteiger partial charge in [0.2, 0.25) is 0 Å². The van der Waals surface area contributed by atoms with E-state index in [0.29, 0.717) is 0 Å². The van der Waals surface area contributed by atoms with E-state index >= 15 is 0 Å². The van der Waals surface area contributed by atoms with Gasteiger partial charge >= 0.3 is 5.97 Å². The van der Waals surface area contributed by atoms with Gasteiger partial charge in [-0.15, -0.1) is 0 Å². The van der Waals surface area contributed by atoms with Crippen molar-refractivity contribution in [2.45, 2.75) is 9.79 Å². The van der Waals surface area contributed by atoms with Crippen LogP contribution in [0.1, 0.15) is 10.4 Å². The second-order valence-corrected chi connectivity index (χ2v) is 6.95. The highest BCUT2D eigenvalue weighted by Crippen LogP contribution is 2.26.